The predicted molar refractivity (Wildman–Crippen MR) is 90.4 cm³/mol. The van der Waals surface area contributed by atoms with Gasteiger partial charge in [0.05, 0.1) is 29.7 Å². The molecule has 0 spiro atoms. The highest BCUT2D eigenvalue weighted by Gasteiger charge is 2.10. The van der Waals surface area contributed by atoms with Gasteiger partial charge in [-0.05, 0) is 25.1 Å². The van der Waals surface area contributed by atoms with Gasteiger partial charge in [0, 0.05) is 27.9 Å². The molecule has 0 atom stereocenters. The van der Waals surface area contributed by atoms with Gasteiger partial charge in [0.2, 0.25) is 0 Å². The Hall–Kier alpha value is -2.53. The van der Waals surface area contributed by atoms with E-state index in [2.05, 4.69) is 32.9 Å². The highest BCUT2D eigenvalue weighted by atomic mass is 35.5. The van der Waals surface area contributed by atoms with E-state index in [1.165, 1.54) is 6.20 Å². The molecule has 0 amide bonds. The highest BCUT2D eigenvalue weighted by molar-refractivity contribution is 6.34. The minimum absolute atomic E-state index is 0.383. The molecule has 6 heteroatoms. The fourth-order valence-electron chi connectivity index (χ4n) is 2.23. The SMILES string of the molecule is C=C(C)NCc1cc2cc(Cl)c(-c3cnc(N)cn3)cc2[nH]1. The van der Waals surface area contributed by atoms with Crippen molar-refractivity contribution in [3.05, 3.63) is 53.6 Å². The van der Waals surface area contributed by atoms with Crippen LogP contribution in [0, 0.1) is 0 Å². The Labute approximate surface area is 133 Å². The average molecular weight is 314 g/mol. The summed E-state index contributed by atoms with van der Waals surface area (Å²) in [7, 11) is 0. The molecule has 0 saturated carbocycles. The van der Waals surface area contributed by atoms with Crippen molar-refractivity contribution in [1.29, 1.82) is 0 Å². The van der Waals surface area contributed by atoms with Crippen molar-refractivity contribution in [2.24, 2.45) is 0 Å². The molecule has 112 valence electrons. The number of hydrogen-bond donors (Lipinski definition) is 3. The lowest BCUT2D eigenvalue weighted by Crippen LogP contribution is -2.09. The van der Waals surface area contributed by atoms with E-state index in [-0.39, 0.29) is 0 Å². The smallest absolute Gasteiger partial charge is 0.141 e. The number of rotatable bonds is 4. The fraction of sp³-hybridized carbons (Fsp3) is 0.125. The molecule has 0 unspecified atom stereocenters. The van der Waals surface area contributed by atoms with Gasteiger partial charge in [0.15, 0.2) is 0 Å². The van der Waals surface area contributed by atoms with Crippen LogP contribution in [0.3, 0.4) is 0 Å². The minimum atomic E-state index is 0.383. The average Bonchev–Trinajstić information content (AvgIpc) is 2.87. The molecular formula is C16H16ClN5. The van der Waals surface area contributed by atoms with Crippen LogP contribution in [0.15, 0.2) is 42.9 Å². The topological polar surface area (TPSA) is 79.6 Å². The Balaban J connectivity index is 2.00. The molecule has 0 saturated heterocycles. The molecule has 0 bridgehead atoms. The van der Waals surface area contributed by atoms with E-state index in [4.69, 9.17) is 17.3 Å². The van der Waals surface area contributed by atoms with Crippen LogP contribution < -0.4 is 11.1 Å². The first kappa shape index (κ1) is 14.4. The summed E-state index contributed by atoms with van der Waals surface area (Å²) in [5.74, 6) is 0.383. The molecule has 0 aliphatic carbocycles. The second kappa shape index (κ2) is 5.69. The molecule has 0 fully saturated rings. The summed E-state index contributed by atoms with van der Waals surface area (Å²) in [6.07, 6.45) is 3.14. The number of H-pyrrole nitrogens is 1. The van der Waals surface area contributed by atoms with Gasteiger partial charge in [-0.15, -0.1) is 0 Å². The maximum Gasteiger partial charge on any atom is 0.141 e. The Morgan fingerprint density at radius 1 is 1.32 bits per heavy atom. The Kier molecular flexibility index (Phi) is 3.73. The van der Waals surface area contributed by atoms with E-state index in [0.29, 0.717) is 23.1 Å². The molecule has 3 rings (SSSR count). The van der Waals surface area contributed by atoms with Crippen molar-refractivity contribution < 1.29 is 0 Å². The standard InChI is InChI=1S/C16H16ClN5/c1-9(2)19-6-11-3-10-4-13(17)12(5-14(10)22-11)15-7-21-16(18)8-20-15/h3-5,7-8,19,22H,1,6H2,2H3,(H2,18,21). The molecule has 0 radical (unpaired) electrons. The Morgan fingerprint density at radius 2 is 2.14 bits per heavy atom. The third-order valence-electron chi connectivity index (χ3n) is 3.29. The van der Waals surface area contributed by atoms with Gasteiger partial charge in [-0.25, -0.2) is 4.98 Å². The molecule has 2 heterocycles. The van der Waals surface area contributed by atoms with Gasteiger partial charge >= 0.3 is 0 Å². The van der Waals surface area contributed by atoms with E-state index in [1.807, 2.05) is 19.1 Å². The van der Waals surface area contributed by atoms with Gasteiger partial charge in [0.1, 0.15) is 5.82 Å². The summed E-state index contributed by atoms with van der Waals surface area (Å²) < 4.78 is 0. The number of nitrogens with two attached hydrogens (primary N) is 1. The summed E-state index contributed by atoms with van der Waals surface area (Å²) in [4.78, 5) is 11.7. The van der Waals surface area contributed by atoms with E-state index in [9.17, 15) is 0 Å². The van der Waals surface area contributed by atoms with Crippen molar-refractivity contribution in [1.82, 2.24) is 20.3 Å². The van der Waals surface area contributed by atoms with E-state index in [0.717, 1.165) is 27.9 Å². The number of benzene rings is 1. The number of anilines is 1. The van der Waals surface area contributed by atoms with Crippen LogP contribution in [0.1, 0.15) is 12.6 Å². The number of nitrogens with one attached hydrogen (secondary N) is 2. The number of aromatic nitrogens is 3. The fourth-order valence-corrected chi connectivity index (χ4v) is 2.50. The van der Waals surface area contributed by atoms with Gasteiger partial charge < -0.3 is 16.0 Å². The first-order valence-corrected chi connectivity index (χ1v) is 7.19. The second-order valence-electron chi connectivity index (χ2n) is 5.17. The monoisotopic (exact) mass is 313 g/mol. The summed E-state index contributed by atoms with van der Waals surface area (Å²) in [5.41, 5.74) is 10.1. The van der Waals surface area contributed by atoms with Crippen molar-refractivity contribution >= 4 is 28.3 Å². The third kappa shape index (κ3) is 2.89. The maximum absolute atomic E-state index is 6.37. The van der Waals surface area contributed by atoms with E-state index < -0.39 is 0 Å². The lowest BCUT2D eigenvalue weighted by atomic mass is 10.1. The Morgan fingerprint density at radius 3 is 2.82 bits per heavy atom. The van der Waals surface area contributed by atoms with Crippen LogP contribution in [0.4, 0.5) is 5.82 Å². The van der Waals surface area contributed by atoms with Crippen molar-refractivity contribution in [3.63, 3.8) is 0 Å². The van der Waals surface area contributed by atoms with Crippen LogP contribution in [-0.4, -0.2) is 15.0 Å². The lowest BCUT2D eigenvalue weighted by Gasteiger charge is -2.04. The predicted octanol–water partition coefficient (Wildman–Crippen LogP) is 3.48. The van der Waals surface area contributed by atoms with Crippen molar-refractivity contribution in [2.75, 3.05) is 5.73 Å². The van der Waals surface area contributed by atoms with Crippen LogP contribution in [0.25, 0.3) is 22.2 Å². The summed E-state index contributed by atoms with van der Waals surface area (Å²) in [5, 5.41) is 4.88. The number of hydrogen-bond acceptors (Lipinski definition) is 4. The Bertz CT molecular complexity index is 836. The number of fused-ring (bicyclic) bond motifs is 1. The molecular weight excluding hydrogens is 298 g/mol. The number of allylic oxidation sites excluding steroid dienone is 1. The molecule has 22 heavy (non-hydrogen) atoms. The number of nitrogen functional groups attached to an aromatic ring is 1. The van der Waals surface area contributed by atoms with Crippen LogP contribution >= 0.6 is 11.6 Å². The zero-order valence-electron chi connectivity index (χ0n) is 12.2. The zero-order chi connectivity index (χ0) is 15.7. The summed E-state index contributed by atoms with van der Waals surface area (Å²) in [6, 6.07) is 5.96. The molecule has 0 aliphatic heterocycles. The van der Waals surface area contributed by atoms with E-state index in [1.54, 1.807) is 6.20 Å². The highest BCUT2D eigenvalue weighted by Crippen LogP contribution is 2.31. The summed E-state index contributed by atoms with van der Waals surface area (Å²) in [6.45, 7) is 6.45. The van der Waals surface area contributed by atoms with Gasteiger partial charge in [0.25, 0.3) is 0 Å². The normalized spacial score (nSPS) is 10.8. The lowest BCUT2D eigenvalue weighted by molar-refractivity contribution is 0.798. The number of nitrogens with zero attached hydrogens (tertiary/aromatic N) is 2. The largest absolute Gasteiger partial charge is 0.383 e. The molecule has 3 aromatic rings. The number of aromatic amines is 1. The first-order chi connectivity index (χ1) is 10.5. The maximum atomic E-state index is 6.37. The molecule has 4 N–H and O–H groups in total. The van der Waals surface area contributed by atoms with Gasteiger partial charge in [-0.1, -0.05) is 18.2 Å². The van der Waals surface area contributed by atoms with Crippen LogP contribution in [0.5, 0.6) is 0 Å². The van der Waals surface area contributed by atoms with E-state index >= 15 is 0 Å². The summed E-state index contributed by atoms with van der Waals surface area (Å²) >= 11 is 6.37. The van der Waals surface area contributed by atoms with Crippen molar-refractivity contribution in [3.8, 4) is 11.3 Å². The molecule has 1 aromatic carbocycles. The zero-order valence-corrected chi connectivity index (χ0v) is 12.9. The van der Waals surface area contributed by atoms with Gasteiger partial charge in [-0.3, -0.25) is 4.98 Å². The number of halogens is 1. The molecule has 5 nitrogen and oxygen atoms in total. The molecule has 2 aromatic heterocycles. The van der Waals surface area contributed by atoms with Crippen LogP contribution in [-0.2, 0) is 6.54 Å². The van der Waals surface area contributed by atoms with Crippen LogP contribution in [0.2, 0.25) is 5.02 Å². The first-order valence-electron chi connectivity index (χ1n) is 6.81. The quantitative estimate of drug-likeness (QED) is 0.689. The van der Waals surface area contributed by atoms with Gasteiger partial charge in [-0.2, -0.15) is 0 Å². The molecule has 0 aliphatic rings. The minimum Gasteiger partial charge on any atom is -0.383 e. The third-order valence-corrected chi connectivity index (χ3v) is 3.61. The second-order valence-corrected chi connectivity index (χ2v) is 5.58. The van der Waals surface area contributed by atoms with Crippen molar-refractivity contribution in [2.45, 2.75) is 13.5 Å².